The SMILES string of the molecule is CCCCCOc1ccc(C(=O)Oc2ccc(C=Nc3ccc4ccccc4c3S)cc2)cc1. The quantitative estimate of drug-likeness (QED) is 0.0899. The van der Waals surface area contributed by atoms with Crippen molar-refractivity contribution in [2.45, 2.75) is 31.1 Å². The van der Waals surface area contributed by atoms with Crippen molar-refractivity contribution in [2.75, 3.05) is 6.61 Å². The maximum atomic E-state index is 12.5. The van der Waals surface area contributed by atoms with Gasteiger partial charge in [-0.25, -0.2) is 4.79 Å². The summed E-state index contributed by atoms with van der Waals surface area (Å²) in [5.74, 6) is 0.824. The Morgan fingerprint density at radius 1 is 0.882 bits per heavy atom. The van der Waals surface area contributed by atoms with Crippen LogP contribution in [-0.2, 0) is 0 Å². The number of fused-ring (bicyclic) bond motifs is 1. The Hall–Kier alpha value is -3.57. The number of nitrogens with zero attached hydrogens (tertiary/aromatic N) is 1. The van der Waals surface area contributed by atoms with E-state index in [2.05, 4.69) is 30.6 Å². The van der Waals surface area contributed by atoms with Gasteiger partial charge in [-0.2, -0.15) is 0 Å². The topological polar surface area (TPSA) is 47.9 Å². The lowest BCUT2D eigenvalue weighted by atomic mass is 10.1. The van der Waals surface area contributed by atoms with Gasteiger partial charge in [-0.15, -0.1) is 12.6 Å². The highest BCUT2D eigenvalue weighted by molar-refractivity contribution is 7.80. The number of rotatable bonds is 9. The van der Waals surface area contributed by atoms with Crippen LogP contribution in [-0.4, -0.2) is 18.8 Å². The molecule has 172 valence electrons. The van der Waals surface area contributed by atoms with Crippen molar-refractivity contribution in [2.24, 2.45) is 4.99 Å². The molecule has 0 spiro atoms. The maximum absolute atomic E-state index is 12.5. The van der Waals surface area contributed by atoms with E-state index in [4.69, 9.17) is 9.47 Å². The van der Waals surface area contributed by atoms with Crippen LogP contribution in [0.2, 0.25) is 0 Å². The fourth-order valence-electron chi connectivity index (χ4n) is 3.51. The van der Waals surface area contributed by atoms with Crippen molar-refractivity contribution in [3.63, 3.8) is 0 Å². The lowest BCUT2D eigenvalue weighted by molar-refractivity contribution is 0.0734. The Morgan fingerprint density at radius 3 is 2.38 bits per heavy atom. The molecule has 4 aromatic carbocycles. The van der Waals surface area contributed by atoms with E-state index >= 15 is 0 Å². The number of carbonyl (C=O) groups excluding carboxylic acids is 1. The molecule has 0 unspecified atom stereocenters. The van der Waals surface area contributed by atoms with E-state index in [1.54, 1.807) is 42.6 Å². The van der Waals surface area contributed by atoms with Gasteiger partial charge >= 0.3 is 5.97 Å². The van der Waals surface area contributed by atoms with E-state index in [0.29, 0.717) is 17.9 Å². The minimum atomic E-state index is -0.408. The summed E-state index contributed by atoms with van der Waals surface area (Å²) in [6, 6.07) is 26.3. The lowest BCUT2D eigenvalue weighted by Gasteiger charge is -2.07. The number of aliphatic imine (C=N–C) groups is 1. The molecule has 0 aliphatic carbocycles. The molecule has 5 heteroatoms. The van der Waals surface area contributed by atoms with Gasteiger partial charge in [0.2, 0.25) is 0 Å². The maximum Gasteiger partial charge on any atom is 0.343 e. The third-order valence-corrected chi connectivity index (χ3v) is 5.90. The van der Waals surface area contributed by atoms with Crippen LogP contribution in [0.1, 0.15) is 42.1 Å². The van der Waals surface area contributed by atoms with E-state index in [1.165, 1.54) is 0 Å². The highest BCUT2D eigenvalue weighted by Crippen LogP contribution is 2.31. The zero-order valence-electron chi connectivity index (χ0n) is 19.1. The smallest absolute Gasteiger partial charge is 0.343 e. The van der Waals surface area contributed by atoms with E-state index in [0.717, 1.165) is 51.9 Å². The third-order valence-electron chi connectivity index (χ3n) is 5.43. The fraction of sp³-hybridized carbons (Fsp3) is 0.172. The summed E-state index contributed by atoms with van der Waals surface area (Å²) in [6.07, 6.45) is 5.10. The molecule has 0 heterocycles. The average Bonchev–Trinajstić information content (AvgIpc) is 2.87. The monoisotopic (exact) mass is 469 g/mol. The first-order chi connectivity index (χ1) is 16.6. The van der Waals surface area contributed by atoms with Gasteiger partial charge in [-0.3, -0.25) is 4.99 Å². The number of benzene rings is 4. The number of ether oxygens (including phenoxy) is 2. The molecule has 0 fully saturated rings. The van der Waals surface area contributed by atoms with Crippen LogP contribution in [0, 0.1) is 0 Å². The lowest BCUT2D eigenvalue weighted by Crippen LogP contribution is -2.08. The summed E-state index contributed by atoms with van der Waals surface area (Å²) in [4.78, 5) is 17.9. The van der Waals surface area contributed by atoms with Gasteiger partial charge in [0.15, 0.2) is 0 Å². The summed E-state index contributed by atoms with van der Waals surface area (Å²) in [5, 5.41) is 2.20. The van der Waals surface area contributed by atoms with E-state index in [9.17, 15) is 4.79 Å². The van der Waals surface area contributed by atoms with Gasteiger partial charge in [0.25, 0.3) is 0 Å². The van der Waals surface area contributed by atoms with E-state index in [-0.39, 0.29) is 0 Å². The molecule has 0 amide bonds. The molecule has 4 rings (SSSR count). The van der Waals surface area contributed by atoms with E-state index in [1.807, 2.05) is 42.5 Å². The van der Waals surface area contributed by atoms with Crippen molar-refractivity contribution in [3.05, 3.63) is 96.1 Å². The molecule has 34 heavy (non-hydrogen) atoms. The Balaban J connectivity index is 1.35. The molecule has 0 atom stereocenters. The molecule has 0 bridgehead atoms. The Labute approximate surface area is 205 Å². The molecule has 0 aromatic heterocycles. The number of carbonyl (C=O) groups is 1. The molecule has 0 aliphatic heterocycles. The van der Waals surface area contributed by atoms with Crippen molar-refractivity contribution in [1.29, 1.82) is 0 Å². The fourth-order valence-corrected chi connectivity index (χ4v) is 3.85. The normalized spacial score (nSPS) is 11.1. The summed E-state index contributed by atoms with van der Waals surface area (Å²) in [6.45, 7) is 2.84. The summed E-state index contributed by atoms with van der Waals surface area (Å²) in [5.41, 5.74) is 2.17. The van der Waals surface area contributed by atoms with Crippen molar-refractivity contribution in [3.8, 4) is 11.5 Å². The van der Waals surface area contributed by atoms with Crippen LogP contribution < -0.4 is 9.47 Å². The average molecular weight is 470 g/mol. The molecule has 0 aliphatic rings. The highest BCUT2D eigenvalue weighted by Gasteiger charge is 2.09. The van der Waals surface area contributed by atoms with Gasteiger partial charge in [-0.1, -0.05) is 50.1 Å². The molecular weight excluding hydrogens is 442 g/mol. The minimum absolute atomic E-state index is 0.408. The minimum Gasteiger partial charge on any atom is -0.494 e. The van der Waals surface area contributed by atoms with Gasteiger partial charge in [0.05, 0.1) is 17.9 Å². The second kappa shape index (κ2) is 11.5. The highest BCUT2D eigenvalue weighted by atomic mass is 32.1. The Bertz CT molecular complexity index is 1280. The molecule has 0 radical (unpaired) electrons. The first kappa shape index (κ1) is 23.6. The molecule has 0 N–H and O–H groups in total. The second-order valence-electron chi connectivity index (χ2n) is 7.95. The largest absolute Gasteiger partial charge is 0.494 e. The van der Waals surface area contributed by atoms with Crippen LogP contribution in [0.5, 0.6) is 11.5 Å². The van der Waals surface area contributed by atoms with Gasteiger partial charge < -0.3 is 9.47 Å². The predicted octanol–water partition coefficient (Wildman–Crippen LogP) is 7.67. The Kier molecular flexibility index (Phi) is 7.99. The third kappa shape index (κ3) is 6.06. The molecular formula is C29H27NO3S. The zero-order chi connectivity index (χ0) is 23.8. The summed E-state index contributed by atoms with van der Waals surface area (Å²) >= 11 is 4.65. The van der Waals surface area contributed by atoms with Crippen molar-refractivity contribution < 1.29 is 14.3 Å². The number of hydrogen-bond acceptors (Lipinski definition) is 5. The van der Waals surface area contributed by atoms with Crippen LogP contribution >= 0.6 is 12.6 Å². The molecule has 0 saturated carbocycles. The van der Waals surface area contributed by atoms with Crippen LogP contribution in [0.4, 0.5) is 5.69 Å². The van der Waals surface area contributed by atoms with Gasteiger partial charge in [0.1, 0.15) is 11.5 Å². The second-order valence-corrected chi connectivity index (χ2v) is 8.40. The number of unbranched alkanes of at least 4 members (excludes halogenated alkanes) is 2. The Morgan fingerprint density at radius 2 is 1.62 bits per heavy atom. The van der Waals surface area contributed by atoms with Gasteiger partial charge in [-0.05, 0) is 77.4 Å². The summed E-state index contributed by atoms with van der Waals surface area (Å²) in [7, 11) is 0. The first-order valence-electron chi connectivity index (χ1n) is 11.4. The van der Waals surface area contributed by atoms with Gasteiger partial charge in [0, 0.05) is 11.1 Å². The zero-order valence-corrected chi connectivity index (χ0v) is 20.0. The number of thiol groups is 1. The van der Waals surface area contributed by atoms with Crippen LogP contribution in [0.25, 0.3) is 10.8 Å². The summed E-state index contributed by atoms with van der Waals surface area (Å²) < 4.78 is 11.2. The number of hydrogen-bond donors (Lipinski definition) is 1. The van der Waals surface area contributed by atoms with Crippen molar-refractivity contribution >= 4 is 41.3 Å². The first-order valence-corrected chi connectivity index (χ1v) is 11.9. The molecule has 4 nitrogen and oxygen atoms in total. The number of esters is 1. The molecule has 4 aromatic rings. The standard InChI is InChI=1S/C29H27NO3S/c1-2-3-6-19-32-24-16-11-23(12-17-24)29(31)33-25-14-9-21(10-15-25)20-30-27-18-13-22-7-4-5-8-26(22)28(27)34/h4-5,7-18,20,34H,2-3,6,19H2,1H3. The van der Waals surface area contributed by atoms with Crippen LogP contribution in [0.15, 0.2) is 94.8 Å². The van der Waals surface area contributed by atoms with E-state index < -0.39 is 5.97 Å². The van der Waals surface area contributed by atoms with Crippen LogP contribution in [0.3, 0.4) is 0 Å². The molecule has 0 saturated heterocycles. The predicted molar refractivity (Wildman–Crippen MR) is 141 cm³/mol. The van der Waals surface area contributed by atoms with Crippen molar-refractivity contribution in [1.82, 2.24) is 0 Å².